The van der Waals surface area contributed by atoms with Crippen LogP contribution >= 0.6 is 0 Å². The Bertz CT molecular complexity index is 208. The summed E-state index contributed by atoms with van der Waals surface area (Å²) in [5.41, 5.74) is -0.170. The lowest BCUT2D eigenvalue weighted by Gasteiger charge is -2.35. The van der Waals surface area contributed by atoms with Gasteiger partial charge in [0.2, 0.25) is 0 Å². The van der Waals surface area contributed by atoms with Gasteiger partial charge in [0.15, 0.2) is 12.6 Å². The molecule has 0 radical (unpaired) electrons. The van der Waals surface area contributed by atoms with Crippen LogP contribution in [-0.2, 0) is 4.74 Å². The molecule has 66 valence electrons. The van der Waals surface area contributed by atoms with Gasteiger partial charge in [-0.15, -0.1) is 0 Å². The molecule has 1 heterocycles. The molecule has 3 nitrogen and oxygen atoms in total. The molecule has 0 aromatic carbocycles. The Kier molecular flexibility index (Phi) is 1.79. The van der Waals surface area contributed by atoms with Crippen LogP contribution in [0.4, 0.5) is 0 Å². The fourth-order valence-corrected chi connectivity index (χ4v) is 1.83. The maximum atomic E-state index is 9.26. The SMILES string of the molecule is OC1CC2(C=CC=C2)CC(O)O1. The zero-order valence-electron chi connectivity index (χ0n) is 6.68. The molecule has 0 aromatic heterocycles. The minimum Gasteiger partial charge on any atom is -0.368 e. The molecular weight excluding hydrogens is 156 g/mol. The Hall–Kier alpha value is -0.640. The van der Waals surface area contributed by atoms with Crippen LogP contribution in [0.1, 0.15) is 12.8 Å². The molecule has 2 atom stereocenters. The van der Waals surface area contributed by atoms with Crippen molar-refractivity contribution in [2.24, 2.45) is 5.41 Å². The summed E-state index contributed by atoms with van der Waals surface area (Å²) in [6.07, 6.45) is 7.26. The Morgan fingerprint density at radius 3 is 2.08 bits per heavy atom. The monoisotopic (exact) mass is 168 g/mol. The molecule has 2 N–H and O–H groups in total. The van der Waals surface area contributed by atoms with Crippen molar-refractivity contribution in [1.82, 2.24) is 0 Å². The topological polar surface area (TPSA) is 49.7 Å². The van der Waals surface area contributed by atoms with Crippen molar-refractivity contribution in [3.8, 4) is 0 Å². The Morgan fingerprint density at radius 2 is 1.58 bits per heavy atom. The first-order valence-corrected chi connectivity index (χ1v) is 4.09. The molecule has 1 spiro atoms. The Labute approximate surface area is 71.0 Å². The number of rotatable bonds is 0. The second kappa shape index (κ2) is 2.69. The molecule has 0 bridgehead atoms. The molecule has 2 rings (SSSR count). The van der Waals surface area contributed by atoms with Crippen molar-refractivity contribution in [2.75, 3.05) is 0 Å². The summed E-state index contributed by atoms with van der Waals surface area (Å²) in [6.45, 7) is 0. The van der Waals surface area contributed by atoms with E-state index in [2.05, 4.69) is 0 Å². The highest BCUT2D eigenvalue weighted by molar-refractivity contribution is 5.25. The predicted molar refractivity (Wildman–Crippen MR) is 43.0 cm³/mol. The van der Waals surface area contributed by atoms with Crippen LogP contribution in [-0.4, -0.2) is 22.8 Å². The summed E-state index contributed by atoms with van der Waals surface area (Å²) >= 11 is 0. The van der Waals surface area contributed by atoms with Crippen molar-refractivity contribution in [2.45, 2.75) is 25.4 Å². The quantitative estimate of drug-likeness (QED) is 0.555. The summed E-state index contributed by atoms with van der Waals surface area (Å²) in [4.78, 5) is 0. The predicted octanol–water partition coefficient (Wildman–Crippen LogP) is 0.546. The van der Waals surface area contributed by atoms with Gasteiger partial charge in [-0.2, -0.15) is 0 Å². The van der Waals surface area contributed by atoms with E-state index in [0.717, 1.165) is 0 Å². The van der Waals surface area contributed by atoms with Gasteiger partial charge >= 0.3 is 0 Å². The average molecular weight is 168 g/mol. The number of aliphatic hydroxyl groups is 2. The Morgan fingerprint density at radius 1 is 1.08 bits per heavy atom. The zero-order chi connectivity index (χ0) is 8.60. The minimum absolute atomic E-state index is 0.170. The highest BCUT2D eigenvalue weighted by Gasteiger charge is 2.37. The van der Waals surface area contributed by atoms with Crippen molar-refractivity contribution >= 4 is 0 Å². The lowest BCUT2D eigenvalue weighted by molar-refractivity contribution is -0.248. The van der Waals surface area contributed by atoms with E-state index >= 15 is 0 Å². The van der Waals surface area contributed by atoms with E-state index in [1.165, 1.54) is 0 Å². The zero-order valence-corrected chi connectivity index (χ0v) is 6.68. The third kappa shape index (κ3) is 1.31. The van der Waals surface area contributed by atoms with Crippen LogP contribution < -0.4 is 0 Å². The first-order valence-electron chi connectivity index (χ1n) is 4.09. The van der Waals surface area contributed by atoms with Gasteiger partial charge < -0.3 is 14.9 Å². The number of hydrogen-bond acceptors (Lipinski definition) is 3. The van der Waals surface area contributed by atoms with Crippen molar-refractivity contribution in [3.05, 3.63) is 24.3 Å². The molecule has 3 heteroatoms. The molecule has 0 aromatic rings. The number of hydrogen-bond donors (Lipinski definition) is 2. The standard InChI is InChI=1S/C9H12O3/c10-7-5-9(3-1-2-4-9)6-8(11)12-7/h1-4,7-8,10-11H,5-6H2. The van der Waals surface area contributed by atoms with Crippen LogP contribution in [0.3, 0.4) is 0 Å². The average Bonchev–Trinajstić information content (AvgIpc) is 2.33. The highest BCUT2D eigenvalue weighted by Crippen LogP contribution is 2.40. The summed E-state index contributed by atoms with van der Waals surface area (Å²) in [5.74, 6) is 0. The molecule has 0 saturated carbocycles. The maximum absolute atomic E-state index is 9.26. The van der Waals surface area contributed by atoms with Crippen LogP contribution in [0.2, 0.25) is 0 Å². The van der Waals surface area contributed by atoms with Gasteiger partial charge in [-0.3, -0.25) is 0 Å². The first-order chi connectivity index (χ1) is 5.70. The minimum atomic E-state index is -0.846. The van der Waals surface area contributed by atoms with Gasteiger partial charge in [0.1, 0.15) is 0 Å². The highest BCUT2D eigenvalue weighted by atomic mass is 16.7. The first kappa shape index (κ1) is 7.98. The second-order valence-electron chi connectivity index (χ2n) is 3.41. The summed E-state index contributed by atoms with van der Waals surface area (Å²) in [7, 11) is 0. The van der Waals surface area contributed by atoms with Crippen LogP contribution in [0.5, 0.6) is 0 Å². The van der Waals surface area contributed by atoms with E-state index in [1.54, 1.807) is 0 Å². The van der Waals surface area contributed by atoms with E-state index in [9.17, 15) is 10.2 Å². The van der Waals surface area contributed by atoms with Gasteiger partial charge in [-0.25, -0.2) is 0 Å². The lowest BCUT2D eigenvalue weighted by Crippen LogP contribution is -2.37. The van der Waals surface area contributed by atoms with Gasteiger partial charge in [0.05, 0.1) is 0 Å². The van der Waals surface area contributed by atoms with Gasteiger partial charge in [-0.05, 0) is 0 Å². The molecule has 1 aliphatic carbocycles. The molecule has 1 fully saturated rings. The van der Waals surface area contributed by atoms with Crippen LogP contribution in [0.25, 0.3) is 0 Å². The van der Waals surface area contributed by atoms with Crippen molar-refractivity contribution in [3.63, 3.8) is 0 Å². The summed E-state index contributed by atoms with van der Waals surface area (Å²) in [6, 6.07) is 0. The maximum Gasteiger partial charge on any atom is 0.158 e. The largest absolute Gasteiger partial charge is 0.368 e. The van der Waals surface area contributed by atoms with Gasteiger partial charge in [-0.1, -0.05) is 24.3 Å². The van der Waals surface area contributed by atoms with Crippen molar-refractivity contribution in [1.29, 1.82) is 0 Å². The fourth-order valence-electron chi connectivity index (χ4n) is 1.83. The molecular formula is C9H12O3. The third-order valence-corrected chi connectivity index (χ3v) is 2.39. The van der Waals surface area contributed by atoms with E-state index in [-0.39, 0.29) is 5.41 Å². The second-order valence-corrected chi connectivity index (χ2v) is 3.41. The molecule has 1 aliphatic heterocycles. The van der Waals surface area contributed by atoms with E-state index in [4.69, 9.17) is 4.74 Å². The normalized spacial score (nSPS) is 37.8. The number of allylic oxidation sites excluding steroid dienone is 4. The van der Waals surface area contributed by atoms with Crippen LogP contribution in [0.15, 0.2) is 24.3 Å². The third-order valence-electron chi connectivity index (χ3n) is 2.39. The van der Waals surface area contributed by atoms with Gasteiger partial charge in [0.25, 0.3) is 0 Å². The van der Waals surface area contributed by atoms with Gasteiger partial charge in [0, 0.05) is 18.3 Å². The number of ether oxygens (including phenoxy) is 1. The van der Waals surface area contributed by atoms with Crippen molar-refractivity contribution < 1.29 is 14.9 Å². The molecule has 1 saturated heterocycles. The van der Waals surface area contributed by atoms with E-state index in [1.807, 2.05) is 24.3 Å². The molecule has 2 unspecified atom stereocenters. The smallest absolute Gasteiger partial charge is 0.158 e. The lowest BCUT2D eigenvalue weighted by atomic mass is 9.81. The van der Waals surface area contributed by atoms with E-state index < -0.39 is 12.6 Å². The molecule has 2 aliphatic rings. The Balaban J connectivity index is 2.16. The molecule has 0 amide bonds. The number of aliphatic hydroxyl groups excluding tert-OH is 2. The summed E-state index contributed by atoms with van der Waals surface area (Å²) in [5, 5.41) is 18.5. The molecule has 12 heavy (non-hydrogen) atoms. The van der Waals surface area contributed by atoms with Crippen LogP contribution in [0, 0.1) is 5.41 Å². The summed E-state index contributed by atoms with van der Waals surface area (Å²) < 4.78 is 4.82. The van der Waals surface area contributed by atoms with E-state index in [0.29, 0.717) is 12.8 Å². The fraction of sp³-hybridized carbons (Fsp3) is 0.556.